The van der Waals surface area contributed by atoms with E-state index in [9.17, 15) is 4.79 Å². The standard InChI is InChI=1S/C13H26N2O2/c1-5-7-8-15-11(16)13(14)9-10(17-6-2)12(13,3)4/h10H,5-9,14H2,1-4H3,(H,15,16). The third-order valence-electron chi connectivity index (χ3n) is 4.05. The molecule has 3 N–H and O–H groups in total. The van der Waals surface area contributed by atoms with Crippen LogP contribution in [0, 0.1) is 5.41 Å². The van der Waals surface area contributed by atoms with Crippen molar-refractivity contribution in [3.8, 4) is 0 Å². The van der Waals surface area contributed by atoms with Crippen LogP contribution in [0.5, 0.6) is 0 Å². The van der Waals surface area contributed by atoms with Gasteiger partial charge in [-0.25, -0.2) is 0 Å². The quantitative estimate of drug-likeness (QED) is 0.693. The van der Waals surface area contributed by atoms with E-state index in [1.165, 1.54) is 0 Å². The number of amides is 1. The van der Waals surface area contributed by atoms with Gasteiger partial charge >= 0.3 is 0 Å². The molecule has 1 rings (SSSR count). The average molecular weight is 242 g/mol. The Labute approximate surface area is 104 Å². The number of nitrogens with one attached hydrogen (secondary N) is 1. The summed E-state index contributed by atoms with van der Waals surface area (Å²) in [4.78, 5) is 12.1. The molecule has 4 heteroatoms. The SMILES string of the molecule is CCCCNC(=O)C1(N)CC(OCC)C1(C)C. The monoisotopic (exact) mass is 242 g/mol. The lowest BCUT2D eigenvalue weighted by molar-refractivity contribution is -0.170. The molecule has 4 nitrogen and oxygen atoms in total. The second-order valence-electron chi connectivity index (χ2n) is 5.45. The molecule has 0 heterocycles. The third-order valence-corrected chi connectivity index (χ3v) is 4.05. The van der Waals surface area contributed by atoms with Crippen LogP contribution in [0.2, 0.25) is 0 Å². The molecular formula is C13H26N2O2. The first-order chi connectivity index (χ1) is 7.90. The molecule has 0 bridgehead atoms. The van der Waals surface area contributed by atoms with Crippen molar-refractivity contribution in [1.29, 1.82) is 0 Å². The van der Waals surface area contributed by atoms with Gasteiger partial charge in [-0.05, 0) is 13.3 Å². The van der Waals surface area contributed by atoms with Crippen LogP contribution in [0.25, 0.3) is 0 Å². The van der Waals surface area contributed by atoms with Crippen LogP contribution in [-0.4, -0.2) is 30.7 Å². The predicted octanol–water partition coefficient (Wildman–Crippen LogP) is 1.44. The summed E-state index contributed by atoms with van der Waals surface area (Å²) in [6.07, 6.45) is 2.78. The number of unbranched alkanes of at least 4 members (excludes halogenated alkanes) is 1. The first-order valence-corrected chi connectivity index (χ1v) is 6.59. The lowest BCUT2D eigenvalue weighted by Crippen LogP contribution is -2.75. The summed E-state index contributed by atoms with van der Waals surface area (Å²) in [5, 5.41) is 2.92. The maximum Gasteiger partial charge on any atom is 0.240 e. The predicted molar refractivity (Wildman–Crippen MR) is 68.6 cm³/mol. The summed E-state index contributed by atoms with van der Waals surface area (Å²) >= 11 is 0. The van der Waals surface area contributed by atoms with Gasteiger partial charge < -0.3 is 15.8 Å². The molecule has 1 aliphatic carbocycles. The van der Waals surface area contributed by atoms with Gasteiger partial charge in [-0.15, -0.1) is 0 Å². The van der Waals surface area contributed by atoms with Crippen LogP contribution in [-0.2, 0) is 9.53 Å². The molecule has 0 radical (unpaired) electrons. The van der Waals surface area contributed by atoms with Crippen molar-refractivity contribution in [3.63, 3.8) is 0 Å². The van der Waals surface area contributed by atoms with E-state index in [0.717, 1.165) is 12.8 Å². The summed E-state index contributed by atoms with van der Waals surface area (Å²) in [6, 6.07) is 0. The highest BCUT2D eigenvalue weighted by atomic mass is 16.5. The molecule has 2 unspecified atom stereocenters. The molecule has 100 valence electrons. The Bertz CT molecular complexity index is 279. The van der Waals surface area contributed by atoms with Crippen molar-refractivity contribution < 1.29 is 9.53 Å². The highest BCUT2D eigenvalue weighted by Gasteiger charge is 2.62. The lowest BCUT2D eigenvalue weighted by Gasteiger charge is -2.57. The molecule has 0 aromatic rings. The molecule has 1 aliphatic rings. The van der Waals surface area contributed by atoms with E-state index < -0.39 is 5.54 Å². The van der Waals surface area contributed by atoms with E-state index in [1.807, 2.05) is 20.8 Å². The number of hydrogen-bond donors (Lipinski definition) is 2. The number of carbonyl (C=O) groups excluding carboxylic acids is 1. The molecule has 0 aromatic heterocycles. The molecule has 0 aliphatic heterocycles. The maximum atomic E-state index is 12.1. The zero-order valence-electron chi connectivity index (χ0n) is 11.5. The molecule has 0 saturated heterocycles. The van der Waals surface area contributed by atoms with E-state index in [-0.39, 0.29) is 17.4 Å². The fourth-order valence-corrected chi connectivity index (χ4v) is 2.36. The highest BCUT2D eigenvalue weighted by Crippen LogP contribution is 2.49. The van der Waals surface area contributed by atoms with Crippen molar-refractivity contribution in [2.45, 2.75) is 58.6 Å². The summed E-state index contributed by atoms with van der Waals surface area (Å²) in [7, 11) is 0. The van der Waals surface area contributed by atoms with Crippen molar-refractivity contribution in [1.82, 2.24) is 5.32 Å². The van der Waals surface area contributed by atoms with Gasteiger partial charge in [0.15, 0.2) is 0 Å². The Hall–Kier alpha value is -0.610. The van der Waals surface area contributed by atoms with Crippen LogP contribution in [0.4, 0.5) is 0 Å². The second-order valence-corrected chi connectivity index (χ2v) is 5.45. The van der Waals surface area contributed by atoms with Gasteiger partial charge in [-0.1, -0.05) is 27.2 Å². The summed E-state index contributed by atoms with van der Waals surface area (Å²) < 4.78 is 5.60. The maximum absolute atomic E-state index is 12.1. The topological polar surface area (TPSA) is 64.4 Å². The largest absolute Gasteiger partial charge is 0.378 e. The first kappa shape index (κ1) is 14.5. The van der Waals surface area contributed by atoms with E-state index in [1.54, 1.807) is 0 Å². The minimum atomic E-state index is -0.777. The fourth-order valence-electron chi connectivity index (χ4n) is 2.36. The number of rotatable bonds is 6. The van der Waals surface area contributed by atoms with Crippen LogP contribution in [0.15, 0.2) is 0 Å². The zero-order valence-corrected chi connectivity index (χ0v) is 11.5. The van der Waals surface area contributed by atoms with Gasteiger partial charge in [0.1, 0.15) is 5.54 Å². The number of nitrogens with two attached hydrogens (primary N) is 1. The van der Waals surface area contributed by atoms with E-state index in [2.05, 4.69) is 12.2 Å². The zero-order chi connectivity index (χ0) is 13.1. The van der Waals surface area contributed by atoms with Crippen molar-refractivity contribution in [2.24, 2.45) is 11.1 Å². The van der Waals surface area contributed by atoms with Gasteiger partial charge in [-0.2, -0.15) is 0 Å². The Balaban J connectivity index is 2.55. The van der Waals surface area contributed by atoms with E-state index in [4.69, 9.17) is 10.5 Å². The Morgan fingerprint density at radius 3 is 2.59 bits per heavy atom. The summed E-state index contributed by atoms with van der Waals surface area (Å²) in [5.74, 6) is -0.0353. The van der Waals surface area contributed by atoms with Crippen LogP contribution < -0.4 is 11.1 Å². The second kappa shape index (κ2) is 5.36. The van der Waals surface area contributed by atoms with E-state index in [0.29, 0.717) is 19.6 Å². The van der Waals surface area contributed by atoms with Gasteiger partial charge in [0.25, 0.3) is 0 Å². The van der Waals surface area contributed by atoms with E-state index >= 15 is 0 Å². The highest BCUT2D eigenvalue weighted by molar-refractivity contribution is 5.88. The Morgan fingerprint density at radius 2 is 2.12 bits per heavy atom. The van der Waals surface area contributed by atoms with Crippen molar-refractivity contribution >= 4 is 5.91 Å². The van der Waals surface area contributed by atoms with Crippen LogP contribution in [0.3, 0.4) is 0 Å². The fraction of sp³-hybridized carbons (Fsp3) is 0.923. The van der Waals surface area contributed by atoms with Crippen molar-refractivity contribution in [3.05, 3.63) is 0 Å². The van der Waals surface area contributed by atoms with Gasteiger partial charge in [0, 0.05) is 25.0 Å². The molecule has 0 aromatic carbocycles. The van der Waals surface area contributed by atoms with Crippen LogP contribution >= 0.6 is 0 Å². The molecule has 17 heavy (non-hydrogen) atoms. The number of hydrogen-bond acceptors (Lipinski definition) is 3. The Kier molecular flexibility index (Phi) is 4.55. The number of carbonyl (C=O) groups is 1. The first-order valence-electron chi connectivity index (χ1n) is 6.59. The average Bonchev–Trinajstić information content (AvgIpc) is 2.28. The number of ether oxygens (including phenoxy) is 1. The van der Waals surface area contributed by atoms with Gasteiger partial charge in [0.05, 0.1) is 6.10 Å². The summed E-state index contributed by atoms with van der Waals surface area (Å²) in [5.41, 5.74) is 5.17. The minimum Gasteiger partial charge on any atom is -0.378 e. The smallest absolute Gasteiger partial charge is 0.240 e. The normalized spacial score (nSPS) is 30.8. The van der Waals surface area contributed by atoms with Crippen LogP contribution in [0.1, 0.15) is 47.0 Å². The van der Waals surface area contributed by atoms with Crippen molar-refractivity contribution in [2.75, 3.05) is 13.2 Å². The van der Waals surface area contributed by atoms with Gasteiger partial charge in [0.2, 0.25) is 5.91 Å². The summed E-state index contributed by atoms with van der Waals surface area (Å²) in [6.45, 7) is 9.47. The molecular weight excluding hydrogens is 216 g/mol. The Morgan fingerprint density at radius 1 is 1.47 bits per heavy atom. The van der Waals surface area contributed by atoms with Gasteiger partial charge in [-0.3, -0.25) is 4.79 Å². The molecule has 0 spiro atoms. The minimum absolute atomic E-state index is 0.0353. The third kappa shape index (κ3) is 2.47. The molecule has 1 saturated carbocycles. The molecule has 1 fully saturated rings. The molecule has 1 amide bonds. The molecule has 2 atom stereocenters. The lowest BCUT2D eigenvalue weighted by atomic mass is 9.54.